The summed E-state index contributed by atoms with van der Waals surface area (Å²) in [5, 5.41) is 6.97. The molecule has 1 unspecified atom stereocenters. The van der Waals surface area contributed by atoms with E-state index in [1.807, 2.05) is 18.7 Å². The Bertz CT molecular complexity index is 492. The summed E-state index contributed by atoms with van der Waals surface area (Å²) in [5.41, 5.74) is 0. The van der Waals surface area contributed by atoms with Gasteiger partial charge in [0.1, 0.15) is 5.82 Å². The topological polar surface area (TPSA) is 65.1 Å². The summed E-state index contributed by atoms with van der Waals surface area (Å²) in [6, 6.07) is 0.522. The number of hydrogen-bond acceptors (Lipinski definition) is 4. The molecule has 2 fully saturated rings. The second-order valence-corrected chi connectivity index (χ2v) is 6.49. The standard InChI is InChI=1S/C15H25N5O/c1-11(2)13-16-14(18-17-13)15(21)20-9-5-6-12(10-20)19-7-3-4-8-19/h11-12H,3-10H2,1-2H3,(H,16,17,18). The molecule has 6 heteroatoms. The van der Waals surface area contributed by atoms with Gasteiger partial charge in [-0.1, -0.05) is 13.8 Å². The number of likely N-dealkylation sites (tertiary alicyclic amines) is 2. The van der Waals surface area contributed by atoms with Crippen LogP contribution in [0.2, 0.25) is 0 Å². The molecule has 3 heterocycles. The average molecular weight is 291 g/mol. The third-order valence-corrected chi connectivity index (χ3v) is 4.58. The molecule has 1 atom stereocenters. The van der Waals surface area contributed by atoms with Gasteiger partial charge in [-0.05, 0) is 38.8 Å². The Hall–Kier alpha value is -1.43. The molecule has 1 amide bonds. The number of nitrogens with one attached hydrogen (secondary N) is 1. The van der Waals surface area contributed by atoms with E-state index < -0.39 is 0 Å². The predicted octanol–water partition coefficient (Wildman–Crippen LogP) is 1.63. The van der Waals surface area contributed by atoms with Gasteiger partial charge in [0.15, 0.2) is 0 Å². The normalized spacial score (nSPS) is 24.0. The van der Waals surface area contributed by atoms with Crippen LogP contribution < -0.4 is 0 Å². The Balaban J connectivity index is 1.65. The van der Waals surface area contributed by atoms with E-state index in [4.69, 9.17) is 0 Å². The number of aromatic nitrogens is 3. The molecule has 1 aromatic heterocycles. The maximum absolute atomic E-state index is 12.6. The lowest BCUT2D eigenvalue weighted by molar-refractivity contribution is 0.0596. The predicted molar refractivity (Wildman–Crippen MR) is 80.2 cm³/mol. The van der Waals surface area contributed by atoms with Gasteiger partial charge >= 0.3 is 0 Å². The van der Waals surface area contributed by atoms with Crippen molar-refractivity contribution >= 4 is 5.91 Å². The monoisotopic (exact) mass is 291 g/mol. The summed E-state index contributed by atoms with van der Waals surface area (Å²) in [6.45, 7) is 8.10. The van der Waals surface area contributed by atoms with Crippen molar-refractivity contribution in [2.24, 2.45) is 0 Å². The van der Waals surface area contributed by atoms with Gasteiger partial charge in [-0.25, -0.2) is 4.98 Å². The maximum Gasteiger partial charge on any atom is 0.293 e. The molecule has 0 aromatic carbocycles. The first-order valence-electron chi connectivity index (χ1n) is 8.11. The molecule has 2 aliphatic rings. The highest BCUT2D eigenvalue weighted by Gasteiger charge is 2.31. The summed E-state index contributed by atoms with van der Waals surface area (Å²) in [4.78, 5) is 21.4. The average Bonchev–Trinajstić information content (AvgIpc) is 3.18. The van der Waals surface area contributed by atoms with Gasteiger partial charge in [-0.15, -0.1) is 5.10 Å². The van der Waals surface area contributed by atoms with Gasteiger partial charge < -0.3 is 4.90 Å². The van der Waals surface area contributed by atoms with Crippen molar-refractivity contribution in [2.75, 3.05) is 26.2 Å². The summed E-state index contributed by atoms with van der Waals surface area (Å²) < 4.78 is 0. The molecule has 21 heavy (non-hydrogen) atoms. The van der Waals surface area contributed by atoms with Crippen LogP contribution in [0.5, 0.6) is 0 Å². The number of hydrogen-bond donors (Lipinski definition) is 1. The number of aromatic amines is 1. The summed E-state index contributed by atoms with van der Waals surface area (Å²) >= 11 is 0. The van der Waals surface area contributed by atoms with Crippen molar-refractivity contribution in [2.45, 2.75) is 51.5 Å². The highest BCUT2D eigenvalue weighted by Crippen LogP contribution is 2.21. The van der Waals surface area contributed by atoms with E-state index in [-0.39, 0.29) is 11.8 Å². The Kier molecular flexibility index (Phi) is 4.24. The van der Waals surface area contributed by atoms with E-state index in [1.165, 1.54) is 32.4 Å². The second-order valence-electron chi connectivity index (χ2n) is 6.49. The molecular weight excluding hydrogens is 266 g/mol. The Morgan fingerprint density at radius 1 is 1.24 bits per heavy atom. The number of piperidine rings is 1. The van der Waals surface area contributed by atoms with Gasteiger partial charge in [0.2, 0.25) is 5.82 Å². The molecule has 3 rings (SSSR count). The highest BCUT2D eigenvalue weighted by molar-refractivity contribution is 5.90. The SMILES string of the molecule is CC(C)c1nc(C(=O)N2CCCC(N3CCCC3)C2)n[nH]1. The minimum absolute atomic E-state index is 0.0259. The van der Waals surface area contributed by atoms with Gasteiger partial charge in [-0.2, -0.15) is 0 Å². The summed E-state index contributed by atoms with van der Waals surface area (Å²) in [7, 11) is 0. The number of nitrogens with zero attached hydrogens (tertiary/aromatic N) is 4. The zero-order valence-corrected chi connectivity index (χ0v) is 13.0. The van der Waals surface area contributed by atoms with Crippen LogP contribution in [0.1, 0.15) is 61.9 Å². The number of carbonyl (C=O) groups excluding carboxylic acids is 1. The molecule has 116 valence electrons. The van der Waals surface area contributed by atoms with Crippen molar-refractivity contribution in [3.05, 3.63) is 11.6 Å². The molecule has 2 aliphatic heterocycles. The number of amides is 1. The van der Waals surface area contributed by atoms with Crippen LogP contribution in [-0.2, 0) is 0 Å². The molecule has 1 aromatic rings. The van der Waals surface area contributed by atoms with Crippen molar-refractivity contribution < 1.29 is 4.79 Å². The Labute approximate surface area is 125 Å². The van der Waals surface area contributed by atoms with Crippen LogP contribution in [-0.4, -0.2) is 63.1 Å². The quantitative estimate of drug-likeness (QED) is 0.919. The van der Waals surface area contributed by atoms with Gasteiger partial charge in [0, 0.05) is 25.0 Å². The minimum atomic E-state index is -0.0259. The third kappa shape index (κ3) is 3.10. The van der Waals surface area contributed by atoms with Crippen molar-refractivity contribution in [1.29, 1.82) is 0 Å². The molecule has 0 spiro atoms. The maximum atomic E-state index is 12.6. The molecule has 0 aliphatic carbocycles. The van der Waals surface area contributed by atoms with Crippen LogP contribution in [0.25, 0.3) is 0 Å². The van der Waals surface area contributed by atoms with Crippen LogP contribution in [0.4, 0.5) is 0 Å². The van der Waals surface area contributed by atoms with E-state index in [0.29, 0.717) is 11.9 Å². The molecule has 0 radical (unpaired) electrons. The molecule has 2 saturated heterocycles. The first-order valence-corrected chi connectivity index (χ1v) is 8.11. The zero-order valence-electron chi connectivity index (χ0n) is 13.0. The van der Waals surface area contributed by atoms with Crippen molar-refractivity contribution in [1.82, 2.24) is 25.0 Å². The molecular formula is C15H25N5O. The van der Waals surface area contributed by atoms with Crippen molar-refractivity contribution in [3.63, 3.8) is 0 Å². The van der Waals surface area contributed by atoms with Crippen LogP contribution in [0, 0.1) is 0 Å². The lowest BCUT2D eigenvalue weighted by atomic mass is 10.0. The number of rotatable bonds is 3. The zero-order chi connectivity index (χ0) is 14.8. The molecule has 0 bridgehead atoms. The Morgan fingerprint density at radius 3 is 2.67 bits per heavy atom. The smallest absolute Gasteiger partial charge is 0.293 e. The lowest BCUT2D eigenvalue weighted by Crippen LogP contribution is -2.49. The van der Waals surface area contributed by atoms with Crippen LogP contribution in [0.3, 0.4) is 0 Å². The molecule has 6 nitrogen and oxygen atoms in total. The number of carbonyl (C=O) groups is 1. The molecule has 0 saturated carbocycles. The molecule has 1 N–H and O–H groups in total. The van der Waals surface area contributed by atoms with E-state index in [0.717, 1.165) is 25.3 Å². The van der Waals surface area contributed by atoms with E-state index in [2.05, 4.69) is 20.1 Å². The fraction of sp³-hybridized carbons (Fsp3) is 0.800. The minimum Gasteiger partial charge on any atom is -0.334 e. The van der Waals surface area contributed by atoms with Crippen molar-refractivity contribution in [3.8, 4) is 0 Å². The lowest BCUT2D eigenvalue weighted by Gasteiger charge is -2.37. The van der Waals surface area contributed by atoms with Gasteiger partial charge in [0.25, 0.3) is 5.91 Å². The first-order chi connectivity index (χ1) is 10.1. The fourth-order valence-electron chi connectivity index (χ4n) is 3.31. The number of H-pyrrole nitrogens is 1. The van der Waals surface area contributed by atoms with Gasteiger partial charge in [0.05, 0.1) is 0 Å². The second kappa shape index (κ2) is 6.13. The Morgan fingerprint density at radius 2 is 2.00 bits per heavy atom. The third-order valence-electron chi connectivity index (χ3n) is 4.58. The van der Waals surface area contributed by atoms with Gasteiger partial charge in [-0.3, -0.25) is 14.8 Å². The van der Waals surface area contributed by atoms with Crippen LogP contribution >= 0.6 is 0 Å². The fourth-order valence-corrected chi connectivity index (χ4v) is 3.31. The largest absolute Gasteiger partial charge is 0.334 e. The highest BCUT2D eigenvalue weighted by atomic mass is 16.2. The van der Waals surface area contributed by atoms with Crippen LogP contribution in [0.15, 0.2) is 0 Å². The van der Waals surface area contributed by atoms with E-state index >= 15 is 0 Å². The first kappa shape index (κ1) is 14.5. The summed E-state index contributed by atoms with van der Waals surface area (Å²) in [5.74, 6) is 1.34. The summed E-state index contributed by atoms with van der Waals surface area (Å²) in [6.07, 6.45) is 4.87. The van der Waals surface area contributed by atoms with E-state index in [9.17, 15) is 4.79 Å². The van der Waals surface area contributed by atoms with E-state index in [1.54, 1.807) is 0 Å².